The summed E-state index contributed by atoms with van der Waals surface area (Å²) in [6.07, 6.45) is 6.29. The molecule has 9 heteroatoms. The molecule has 0 spiro atoms. The van der Waals surface area contributed by atoms with Crippen LogP contribution in [0.5, 0.6) is 5.75 Å². The fourth-order valence-electron chi connectivity index (χ4n) is 4.14. The van der Waals surface area contributed by atoms with Gasteiger partial charge in [-0.3, -0.25) is 19.6 Å². The van der Waals surface area contributed by atoms with Crippen molar-refractivity contribution in [2.45, 2.75) is 32.5 Å². The smallest absolute Gasteiger partial charge is 0.258 e. The number of hydrogen-bond donors (Lipinski definition) is 3. The molecule has 188 valence electrons. The Labute approximate surface area is 210 Å². The molecule has 0 saturated carbocycles. The van der Waals surface area contributed by atoms with Crippen LogP contribution in [0.3, 0.4) is 0 Å². The summed E-state index contributed by atoms with van der Waals surface area (Å²) < 4.78 is 6.48. The molecular weight excluding hydrogens is 458 g/mol. The zero-order chi connectivity index (χ0) is 25.5. The van der Waals surface area contributed by atoms with Gasteiger partial charge in [-0.2, -0.15) is 0 Å². The number of ether oxygens (including phenoxy) is 1. The molecule has 9 nitrogen and oxygen atoms in total. The largest absolute Gasteiger partial charge is 0.486 e. The molecule has 3 heterocycles. The fraction of sp³-hybridized carbons (Fsp3) is 0.333. The van der Waals surface area contributed by atoms with Crippen molar-refractivity contribution in [3.05, 3.63) is 83.9 Å². The number of aliphatic hydroxyl groups is 1. The quantitative estimate of drug-likeness (QED) is 0.445. The van der Waals surface area contributed by atoms with Crippen LogP contribution in [0.15, 0.2) is 67.3 Å². The fourth-order valence-corrected chi connectivity index (χ4v) is 4.14. The second-order valence-corrected chi connectivity index (χ2v) is 8.98. The summed E-state index contributed by atoms with van der Waals surface area (Å²) in [6, 6.07) is 11.9. The number of para-hydroxylation sites is 1. The molecule has 3 atom stereocenters. The van der Waals surface area contributed by atoms with Crippen LogP contribution in [0.25, 0.3) is 0 Å². The van der Waals surface area contributed by atoms with Crippen LogP contribution in [-0.2, 0) is 6.54 Å². The number of hydrogen-bond acceptors (Lipinski definition) is 7. The van der Waals surface area contributed by atoms with Crippen molar-refractivity contribution in [3.63, 3.8) is 0 Å². The second kappa shape index (κ2) is 11.7. The summed E-state index contributed by atoms with van der Waals surface area (Å²) in [5.41, 5.74) is 2.29. The minimum Gasteiger partial charge on any atom is -0.486 e. The van der Waals surface area contributed by atoms with Gasteiger partial charge in [0.15, 0.2) is 5.75 Å². The topological polar surface area (TPSA) is 117 Å². The molecule has 0 saturated heterocycles. The molecule has 3 N–H and O–H groups in total. The Balaban J connectivity index is 1.64. The number of pyridine rings is 2. The number of fused-ring (bicyclic) bond motifs is 1. The first-order chi connectivity index (χ1) is 17.5. The third-order valence-electron chi connectivity index (χ3n) is 6.31. The summed E-state index contributed by atoms with van der Waals surface area (Å²) in [6.45, 7) is 5.27. The Morgan fingerprint density at radius 2 is 1.83 bits per heavy atom. The number of aliphatic hydroxyl groups excluding tert-OH is 1. The van der Waals surface area contributed by atoms with Crippen LogP contribution in [0, 0.1) is 5.92 Å². The maximum Gasteiger partial charge on any atom is 0.258 e. The van der Waals surface area contributed by atoms with Gasteiger partial charge in [-0.1, -0.05) is 13.0 Å². The summed E-state index contributed by atoms with van der Waals surface area (Å²) in [5.74, 6) is -0.307. The van der Waals surface area contributed by atoms with Gasteiger partial charge in [0.05, 0.1) is 23.9 Å². The van der Waals surface area contributed by atoms with Crippen LogP contribution in [0.2, 0.25) is 0 Å². The van der Waals surface area contributed by atoms with Gasteiger partial charge in [0.25, 0.3) is 11.8 Å². The molecule has 4 rings (SSSR count). The number of benzene rings is 1. The van der Waals surface area contributed by atoms with E-state index in [0.717, 1.165) is 5.56 Å². The van der Waals surface area contributed by atoms with Crippen molar-refractivity contribution in [1.82, 2.24) is 20.2 Å². The molecule has 2 amide bonds. The first-order valence-electron chi connectivity index (χ1n) is 12.0. The highest BCUT2D eigenvalue weighted by Gasteiger charge is 2.34. The summed E-state index contributed by atoms with van der Waals surface area (Å²) in [4.78, 5) is 36.1. The van der Waals surface area contributed by atoms with Gasteiger partial charge in [0.2, 0.25) is 0 Å². The van der Waals surface area contributed by atoms with E-state index in [-0.39, 0.29) is 36.5 Å². The second-order valence-electron chi connectivity index (χ2n) is 8.98. The van der Waals surface area contributed by atoms with Crippen molar-refractivity contribution >= 4 is 17.5 Å². The average molecular weight is 490 g/mol. The first-order valence-corrected chi connectivity index (χ1v) is 12.0. The minimum atomic E-state index is -0.369. The summed E-state index contributed by atoms with van der Waals surface area (Å²) in [7, 11) is 0. The molecule has 0 aliphatic carbocycles. The lowest BCUT2D eigenvalue weighted by Crippen LogP contribution is -2.49. The highest BCUT2D eigenvalue weighted by atomic mass is 16.5. The Morgan fingerprint density at radius 3 is 2.53 bits per heavy atom. The van der Waals surface area contributed by atoms with Gasteiger partial charge in [-0.05, 0) is 48.9 Å². The number of carbonyl (C=O) groups excluding carboxylic acids is 2. The van der Waals surface area contributed by atoms with Crippen molar-refractivity contribution in [1.29, 1.82) is 0 Å². The molecule has 0 unspecified atom stereocenters. The van der Waals surface area contributed by atoms with E-state index in [4.69, 9.17) is 4.74 Å². The lowest BCUT2D eigenvalue weighted by Gasteiger charge is -2.37. The van der Waals surface area contributed by atoms with Crippen molar-refractivity contribution in [3.8, 4) is 5.75 Å². The van der Waals surface area contributed by atoms with E-state index in [2.05, 4.69) is 20.6 Å². The number of rotatable bonds is 8. The van der Waals surface area contributed by atoms with Gasteiger partial charge in [-0.15, -0.1) is 0 Å². The molecule has 0 radical (unpaired) electrons. The standard InChI is InChI=1S/C27H31N5O4/c1-18-16-32(19(2)17-33)27(35)22-4-3-5-23(31-26(34)21-8-12-29-13-9-21)25(22)36-24(18)15-30-14-20-6-10-28-11-7-20/h3-13,18-19,24,30,33H,14-17H2,1-2H3,(H,31,34)/t18-,19-,24+/m0/s1. The van der Waals surface area contributed by atoms with Gasteiger partial charge in [-0.25, -0.2) is 0 Å². The number of nitrogens with one attached hydrogen (secondary N) is 2. The van der Waals surface area contributed by atoms with Crippen LogP contribution >= 0.6 is 0 Å². The molecule has 0 bridgehead atoms. The van der Waals surface area contributed by atoms with E-state index in [9.17, 15) is 14.7 Å². The zero-order valence-electron chi connectivity index (χ0n) is 20.4. The van der Waals surface area contributed by atoms with E-state index in [1.165, 1.54) is 0 Å². The van der Waals surface area contributed by atoms with Gasteiger partial charge < -0.3 is 25.4 Å². The monoisotopic (exact) mass is 489 g/mol. The number of anilines is 1. The van der Waals surface area contributed by atoms with E-state index in [1.54, 1.807) is 60.0 Å². The molecule has 3 aromatic rings. The minimum absolute atomic E-state index is 0.0509. The molecular formula is C27H31N5O4. The first kappa shape index (κ1) is 25.3. The Kier molecular flexibility index (Phi) is 8.24. The summed E-state index contributed by atoms with van der Waals surface area (Å²) in [5, 5.41) is 16.2. The maximum absolute atomic E-state index is 13.5. The van der Waals surface area contributed by atoms with Gasteiger partial charge >= 0.3 is 0 Å². The number of nitrogens with zero attached hydrogens (tertiary/aromatic N) is 3. The van der Waals surface area contributed by atoms with Crippen LogP contribution in [0.1, 0.15) is 40.1 Å². The van der Waals surface area contributed by atoms with Gasteiger partial charge in [0, 0.05) is 55.9 Å². The highest BCUT2D eigenvalue weighted by Crippen LogP contribution is 2.35. The van der Waals surface area contributed by atoms with E-state index in [0.29, 0.717) is 42.2 Å². The molecule has 1 aromatic carbocycles. The predicted octanol–water partition coefficient (Wildman–Crippen LogP) is 2.74. The van der Waals surface area contributed by atoms with Gasteiger partial charge in [0.1, 0.15) is 6.10 Å². The Bertz CT molecular complexity index is 1180. The Morgan fingerprint density at radius 1 is 1.14 bits per heavy atom. The summed E-state index contributed by atoms with van der Waals surface area (Å²) >= 11 is 0. The van der Waals surface area contributed by atoms with Crippen molar-refractivity contribution in [2.24, 2.45) is 5.92 Å². The normalized spacial score (nSPS) is 18.4. The van der Waals surface area contributed by atoms with Crippen molar-refractivity contribution in [2.75, 3.05) is 25.0 Å². The molecule has 1 aliphatic heterocycles. The number of amides is 2. The lowest BCUT2D eigenvalue weighted by atomic mass is 9.99. The average Bonchev–Trinajstić information content (AvgIpc) is 2.91. The van der Waals surface area contributed by atoms with E-state index >= 15 is 0 Å². The molecule has 0 fully saturated rings. The number of carbonyl (C=O) groups is 2. The lowest BCUT2D eigenvalue weighted by molar-refractivity contribution is 0.0413. The van der Waals surface area contributed by atoms with E-state index in [1.807, 2.05) is 26.0 Å². The molecule has 2 aromatic heterocycles. The Hall–Kier alpha value is -3.82. The number of aromatic nitrogens is 2. The molecule has 1 aliphatic rings. The third kappa shape index (κ3) is 5.87. The third-order valence-corrected chi connectivity index (χ3v) is 6.31. The van der Waals surface area contributed by atoms with Crippen LogP contribution < -0.4 is 15.4 Å². The highest BCUT2D eigenvalue weighted by molar-refractivity contribution is 6.07. The van der Waals surface area contributed by atoms with Crippen LogP contribution in [0.4, 0.5) is 5.69 Å². The predicted molar refractivity (Wildman–Crippen MR) is 136 cm³/mol. The zero-order valence-corrected chi connectivity index (χ0v) is 20.4. The van der Waals surface area contributed by atoms with Crippen molar-refractivity contribution < 1.29 is 19.4 Å². The van der Waals surface area contributed by atoms with E-state index < -0.39 is 0 Å². The maximum atomic E-state index is 13.5. The molecule has 36 heavy (non-hydrogen) atoms. The SMILES string of the molecule is C[C@H]1CN([C@@H](C)CO)C(=O)c2cccc(NC(=O)c3ccncc3)c2O[C@@H]1CNCc1ccncc1. The van der Waals surface area contributed by atoms with Crippen LogP contribution in [-0.4, -0.2) is 63.6 Å².